The van der Waals surface area contributed by atoms with Crippen molar-refractivity contribution in [3.63, 3.8) is 0 Å². The van der Waals surface area contributed by atoms with E-state index >= 15 is 0 Å². The zero-order chi connectivity index (χ0) is 18.2. The molecule has 0 amide bonds. The molecular weight excluding hydrogens is 354 g/mol. The number of carbonyl (C=O) groups is 1. The van der Waals surface area contributed by atoms with Gasteiger partial charge in [-0.05, 0) is 31.9 Å². The number of thioether (sulfide) groups is 2. The standard InChI is InChI=1S/C18H25N3O2S2/c1-5-21-16(11-24-15-8-6-14(4)7-9-15)19-20-18(21)25-12-17(22)23-10-13(2)3/h6-9,13H,5,10-12H2,1-4H3. The number of hydrogen-bond donors (Lipinski definition) is 0. The Kier molecular flexibility index (Phi) is 7.84. The monoisotopic (exact) mass is 379 g/mol. The summed E-state index contributed by atoms with van der Waals surface area (Å²) in [5.74, 6) is 2.07. The van der Waals surface area contributed by atoms with Gasteiger partial charge in [-0.2, -0.15) is 0 Å². The van der Waals surface area contributed by atoms with Crippen molar-refractivity contribution in [2.24, 2.45) is 5.92 Å². The summed E-state index contributed by atoms with van der Waals surface area (Å²) in [5.41, 5.74) is 1.25. The van der Waals surface area contributed by atoms with Crippen LogP contribution in [0.2, 0.25) is 0 Å². The van der Waals surface area contributed by atoms with E-state index in [2.05, 4.69) is 52.9 Å². The predicted molar refractivity (Wildman–Crippen MR) is 103 cm³/mol. The molecule has 25 heavy (non-hydrogen) atoms. The first-order valence-electron chi connectivity index (χ1n) is 8.39. The molecule has 1 heterocycles. The van der Waals surface area contributed by atoms with Gasteiger partial charge in [-0.25, -0.2) is 0 Å². The number of benzene rings is 1. The van der Waals surface area contributed by atoms with Crippen LogP contribution in [0, 0.1) is 12.8 Å². The zero-order valence-corrected chi connectivity index (χ0v) is 16.8. The van der Waals surface area contributed by atoms with Crippen molar-refractivity contribution in [3.05, 3.63) is 35.7 Å². The van der Waals surface area contributed by atoms with Gasteiger partial charge in [0.05, 0.1) is 18.1 Å². The van der Waals surface area contributed by atoms with Gasteiger partial charge in [0.15, 0.2) is 5.16 Å². The third-order valence-electron chi connectivity index (χ3n) is 3.40. The van der Waals surface area contributed by atoms with E-state index in [9.17, 15) is 4.79 Å². The molecule has 0 unspecified atom stereocenters. The van der Waals surface area contributed by atoms with Crippen molar-refractivity contribution in [2.45, 2.75) is 50.0 Å². The summed E-state index contributed by atoms with van der Waals surface area (Å²) in [6, 6.07) is 8.45. The number of aryl methyl sites for hydroxylation is 1. The van der Waals surface area contributed by atoms with E-state index in [1.165, 1.54) is 22.2 Å². The van der Waals surface area contributed by atoms with Crippen LogP contribution in [-0.4, -0.2) is 33.1 Å². The molecule has 0 aliphatic heterocycles. The molecule has 5 nitrogen and oxygen atoms in total. The Morgan fingerprint density at radius 3 is 2.56 bits per heavy atom. The van der Waals surface area contributed by atoms with Crippen LogP contribution >= 0.6 is 23.5 Å². The molecule has 7 heteroatoms. The van der Waals surface area contributed by atoms with Gasteiger partial charge >= 0.3 is 5.97 Å². The van der Waals surface area contributed by atoms with Crippen LogP contribution in [0.15, 0.2) is 34.3 Å². The molecule has 0 bridgehead atoms. The van der Waals surface area contributed by atoms with E-state index in [1.54, 1.807) is 11.8 Å². The topological polar surface area (TPSA) is 57.0 Å². The van der Waals surface area contributed by atoms with Crippen molar-refractivity contribution in [2.75, 3.05) is 12.4 Å². The molecule has 0 atom stereocenters. The normalized spacial score (nSPS) is 11.1. The fraction of sp³-hybridized carbons (Fsp3) is 0.500. The molecule has 1 aromatic heterocycles. The number of nitrogens with zero attached hydrogens (tertiary/aromatic N) is 3. The highest BCUT2D eigenvalue weighted by atomic mass is 32.2. The maximum atomic E-state index is 11.8. The molecule has 2 rings (SSSR count). The van der Waals surface area contributed by atoms with Crippen LogP contribution in [0.4, 0.5) is 0 Å². The molecule has 0 spiro atoms. The van der Waals surface area contributed by atoms with E-state index < -0.39 is 0 Å². The second-order valence-corrected chi connectivity index (χ2v) is 8.10. The Morgan fingerprint density at radius 1 is 1.20 bits per heavy atom. The van der Waals surface area contributed by atoms with E-state index in [1.807, 2.05) is 13.8 Å². The maximum absolute atomic E-state index is 11.8. The van der Waals surface area contributed by atoms with Crippen LogP contribution in [0.25, 0.3) is 0 Å². The van der Waals surface area contributed by atoms with Gasteiger partial charge in [0.2, 0.25) is 0 Å². The van der Waals surface area contributed by atoms with Crippen LogP contribution in [0.1, 0.15) is 32.2 Å². The highest BCUT2D eigenvalue weighted by Gasteiger charge is 2.14. The summed E-state index contributed by atoms with van der Waals surface area (Å²) < 4.78 is 7.26. The second-order valence-electron chi connectivity index (χ2n) is 6.11. The first-order valence-corrected chi connectivity index (χ1v) is 10.4. The smallest absolute Gasteiger partial charge is 0.316 e. The van der Waals surface area contributed by atoms with E-state index in [-0.39, 0.29) is 11.7 Å². The molecule has 0 saturated carbocycles. The first kappa shape index (κ1) is 19.8. The fourth-order valence-electron chi connectivity index (χ4n) is 2.06. The highest BCUT2D eigenvalue weighted by Crippen LogP contribution is 2.25. The van der Waals surface area contributed by atoms with E-state index in [0.717, 1.165) is 23.3 Å². The van der Waals surface area contributed by atoms with Crippen LogP contribution in [0.3, 0.4) is 0 Å². The second kappa shape index (κ2) is 9.87. The van der Waals surface area contributed by atoms with E-state index in [0.29, 0.717) is 12.5 Å². The number of hydrogen-bond acceptors (Lipinski definition) is 6. The Hall–Kier alpha value is -1.47. The largest absolute Gasteiger partial charge is 0.465 e. The van der Waals surface area contributed by atoms with Crippen molar-refractivity contribution in [3.8, 4) is 0 Å². The summed E-state index contributed by atoms with van der Waals surface area (Å²) in [4.78, 5) is 13.0. The number of ether oxygens (including phenoxy) is 1. The zero-order valence-electron chi connectivity index (χ0n) is 15.2. The van der Waals surface area contributed by atoms with Crippen molar-refractivity contribution >= 4 is 29.5 Å². The van der Waals surface area contributed by atoms with Crippen molar-refractivity contribution in [1.82, 2.24) is 14.8 Å². The summed E-state index contributed by atoms with van der Waals surface area (Å²) in [6.07, 6.45) is 0. The average molecular weight is 380 g/mol. The van der Waals surface area contributed by atoms with Crippen molar-refractivity contribution < 1.29 is 9.53 Å². The minimum atomic E-state index is -0.208. The predicted octanol–water partition coefficient (Wildman–Crippen LogP) is 4.19. The number of esters is 1. The molecule has 2 aromatic rings. The summed E-state index contributed by atoms with van der Waals surface area (Å²) in [7, 11) is 0. The number of rotatable bonds is 9. The lowest BCUT2D eigenvalue weighted by Crippen LogP contribution is -2.12. The van der Waals surface area contributed by atoms with Gasteiger partial charge < -0.3 is 9.30 Å². The average Bonchev–Trinajstić information content (AvgIpc) is 2.99. The lowest BCUT2D eigenvalue weighted by Gasteiger charge is -2.08. The van der Waals surface area contributed by atoms with Crippen LogP contribution in [0.5, 0.6) is 0 Å². The van der Waals surface area contributed by atoms with Gasteiger partial charge in [-0.15, -0.1) is 22.0 Å². The minimum Gasteiger partial charge on any atom is -0.465 e. The summed E-state index contributed by atoms with van der Waals surface area (Å²) in [5, 5.41) is 9.29. The third kappa shape index (κ3) is 6.40. The first-order chi connectivity index (χ1) is 12.0. The SMILES string of the molecule is CCn1c(CSc2ccc(C)cc2)nnc1SCC(=O)OCC(C)C. The molecule has 0 fully saturated rings. The number of aromatic nitrogens is 3. The van der Waals surface area contributed by atoms with Gasteiger partial charge in [-0.1, -0.05) is 43.3 Å². The van der Waals surface area contributed by atoms with Gasteiger partial charge in [0.1, 0.15) is 5.82 Å². The molecular formula is C18H25N3O2S2. The lowest BCUT2D eigenvalue weighted by molar-refractivity contribution is -0.141. The van der Waals surface area contributed by atoms with E-state index in [4.69, 9.17) is 4.74 Å². The fourth-order valence-corrected chi connectivity index (χ4v) is 3.71. The highest BCUT2D eigenvalue weighted by molar-refractivity contribution is 7.99. The molecule has 0 aliphatic rings. The third-order valence-corrected chi connectivity index (χ3v) is 5.34. The molecule has 0 N–H and O–H groups in total. The molecule has 0 radical (unpaired) electrons. The Labute approximate surface area is 157 Å². The molecule has 136 valence electrons. The van der Waals surface area contributed by atoms with Gasteiger partial charge in [-0.3, -0.25) is 4.79 Å². The quantitative estimate of drug-likeness (QED) is 0.481. The van der Waals surface area contributed by atoms with Crippen molar-refractivity contribution in [1.29, 1.82) is 0 Å². The lowest BCUT2D eigenvalue weighted by atomic mass is 10.2. The maximum Gasteiger partial charge on any atom is 0.316 e. The van der Waals surface area contributed by atoms with Gasteiger partial charge in [0.25, 0.3) is 0 Å². The Bertz CT molecular complexity index is 684. The Morgan fingerprint density at radius 2 is 1.92 bits per heavy atom. The molecule has 0 aliphatic carbocycles. The summed E-state index contributed by atoms with van der Waals surface area (Å²) >= 11 is 3.12. The molecule has 0 saturated heterocycles. The van der Waals surface area contributed by atoms with Gasteiger partial charge in [0, 0.05) is 11.4 Å². The summed E-state index contributed by atoms with van der Waals surface area (Å²) in [6.45, 7) is 9.42. The minimum absolute atomic E-state index is 0.208. The number of carbonyl (C=O) groups excluding carboxylic acids is 1. The van der Waals surface area contributed by atoms with Crippen LogP contribution < -0.4 is 0 Å². The Balaban J connectivity index is 1.91. The molecule has 1 aromatic carbocycles. The van der Waals surface area contributed by atoms with Crippen LogP contribution in [-0.2, 0) is 21.8 Å².